The van der Waals surface area contributed by atoms with Gasteiger partial charge in [0.05, 0.1) is 12.1 Å². The van der Waals surface area contributed by atoms with Crippen LogP contribution in [0.2, 0.25) is 0 Å². The lowest BCUT2D eigenvalue weighted by Crippen LogP contribution is -2.19. The van der Waals surface area contributed by atoms with Crippen LogP contribution in [0.25, 0.3) is 0 Å². The largest absolute Gasteiger partial charge is 0.416 e. The summed E-state index contributed by atoms with van der Waals surface area (Å²) in [6.45, 7) is 3.11. The van der Waals surface area contributed by atoms with Gasteiger partial charge in [-0.1, -0.05) is 18.2 Å². The van der Waals surface area contributed by atoms with Gasteiger partial charge in [0.15, 0.2) is 0 Å². The predicted octanol–water partition coefficient (Wildman–Crippen LogP) is 2.61. The van der Waals surface area contributed by atoms with Crippen molar-refractivity contribution in [2.75, 3.05) is 0 Å². The van der Waals surface area contributed by atoms with Crippen molar-refractivity contribution in [1.82, 2.24) is 20.1 Å². The van der Waals surface area contributed by atoms with E-state index < -0.39 is 11.7 Å². The second-order valence-electron chi connectivity index (χ2n) is 4.25. The first-order chi connectivity index (χ1) is 9.52. The van der Waals surface area contributed by atoms with Gasteiger partial charge >= 0.3 is 6.18 Å². The van der Waals surface area contributed by atoms with E-state index in [4.69, 9.17) is 0 Å². The predicted molar refractivity (Wildman–Crippen MR) is 67.7 cm³/mol. The van der Waals surface area contributed by atoms with Crippen molar-refractivity contribution in [3.05, 3.63) is 47.5 Å². The molecule has 0 spiro atoms. The maximum absolute atomic E-state index is 12.8. The zero-order valence-electron chi connectivity index (χ0n) is 11.0. The van der Waals surface area contributed by atoms with E-state index >= 15 is 0 Å². The Balaban J connectivity index is 2.02. The molecule has 7 heteroatoms. The molecule has 0 unspecified atom stereocenters. The van der Waals surface area contributed by atoms with Crippen LogP contribution in [0.4, 0.5) is 13.2 Å². The summed E-state index contributed by atoms with van der Waals surface area (Å²) >= 11 is 0. The smallest absolute Gasteiger partial charge is 0.306 e. The van der Waals surface area contributed by atoms with Gasteiger partial charge in [-0.2, -0.15) is 18.3 Å². The number of halogens is 3. The Kier molecular flexibility index (Phi) is 4.39. The zero-order chi connectivity index (χ0) is 14.6. The number of aryl methyl sites for hydroxylation is 1. The molecule has 0 aliphatic heterocycles. The monoisotopic (exact) mass is 284 g/mol. The molecule has 2 rings (SSSR count). The highest BCUT2D eigenvalue weighted by atomic mass is 19.4. The van der Waals surface area contributed by atoms with Gasteiger partial charge in [0.2, 0.25) is 0 Å². The molecule has 0 amide bonds. The molecule has 0 radical (unpaired) electrons. The van der Waals surface area contributed by atoms with E-state index in [0.29, 0.717) is 18.9 Å². The first kappa shape index (κ1) is 14.5. The number of hydrogen-bond donors (Lipinski definition) is 1. The third kappa shape index (κ3) is 3.36. The second-order valence-corrected chi connectivity index (χ2v) is 4.25. The SMILES string of the molecule is CCn1ncnc1CNCc1ccccc1C(F)(F)F. The number of rotatable bonds is 5. The van der Waals surface area contributed by atoms with E-state index in [-0.39, 0.29) is 12.1 Å². The van der Waals surface area contributed by atoms with Gasteiger partial charge in [-0.3, -0.25) is 0 Å². The molecule has 2 aromatic rings. The van der Waals surface area contributed by atoms with Crippen LogP contribution in [0.1, 0.15) is 23.9 Å². The fraction of sp³-hybridized carbons (Fsp3) is 0.385. The maximum Gasteiger partial charge on any atom is 0.416 e. The minimum Gasteiger partial charge on any atom is -0.306 e. The van der Waals surface area contributed by atoms with Gasteiger partial charge < -0.3 is 5.32 Å². The number of nitrogens with zero attached hydrogens (tertiary/aromatic N) is 3. The average molecular weight is 284 g/mol. The summed E-state index contributed by atoms with van der Waals surface area (Å²) in [5, 5.41) is 6.97. The van der Waals surface area contributed by atoms with E-state index in [1.807, 2.05) is 6.92 Å². The van der Waals surface area contributed by atoms with E-state index in [0.717, 1.165) is 6.07 Å². The molecular formula is C13H15F3N4. The van der Waals surface area contributed by atoms with Gasteiger partial charge in [-0.15, -0.1) is 0 Å². The molecule has 0 aliphatic rings. The Morgan fingerprint density at radius 1 is 1.20 bits per heavy atom. The molecule has 1 heterocycles. The van der Waals surface area contributed by atoms with Crippen LogP contribution in [-0.4, -0.2) is 14.8 Å². The minimum atomic E-state index is -4.33. The molecule has 0 fully saturated rings. The Morgan fingerprint density at radius 2 is 1.95 bits per heavy atom. The van der Waals surface area contributed by atoms with Gasteiger partial charge in [0.1, 0.15) is 12.2 Å². The number of alkyl halides is 3. The first-order valence-corrected chi connectivity index (χ1v) is 6.25. The number of nitrogens with one attached hydrogen (secondary N) is 1. The molecule has 1 aromatic heterocycles. The summed E-state index contributed by atoms with van der Waals surface area (Å²) in [6, 6.07) is 5.55. The zero-order valence-corrected chi connectivity index (χ0v) is 11.0. The maximum atomic E-state index is 12.8. The van der Waals surface area contributed by atoms with Crippen LogP contribution < -0.4 is 5.32 Å². The van der Waals surface area contributed by atoms with Gasteiger partial charge in [-0.05, 0) is 18.6 Å². The van der Waals surface area contributed by atoms with Crippen LogP contribution in [-0.2, 0) is 25.8 Å². The summed E-state index contributed by atoms with van der Waals surface area (Å²) in [5.41, 5.74) is -0.382. The van der Waals surface area contributed by atoms with E-state index in [2.05, 4.69) is 15.4 Å². The number of hydrogen-bond acceptors (Lipinski definition) is 3. The molecule has 0 saturated heterocycles. The van der Waals surface area contributed by atoms with Crippen LogP contribution in [0.5, 0.6) is 0 Å². The highest BCUT2D eigenvalue weighted by molar-refractivity contribution is 5.29. The quantitative estimate of drug-likeness (QED) is 0.917. The highest BCUT2D eigenvalue weighted by Gasteiger charge is 2.32. The van der Waals surface area contributed by atoms with Crippen LogP contribution in [0.15, 0.2) is 30.6 Å². The van der Waals surface area contributed by atoms with Crippen molar-refractivity contribution in [2.45, 2.75) is 32.7 Å². The van der Waals surface area contributed by atoms with Crippen LogP contribution >= 0.6 is 0 Å². The molecule has 0 saturated carbocycles. The molecule has 108 valence electrons. The molecule has 4 nitrogen and oxygen atoms in total. The molecule has 0 aliphatic carbocycles. The van der Waals surface area contributed by atoms with Crippen molar-refractivity contribution in [3.63, 3.8) is 0 Å². The van der Waals surface area contributed by atoms with Crippen molar-refractivity contribution >= 4 is 0 Å². The Morgan fingerprint density at radius 3 is 2.65 bits per heavy atom. The van der Waals surface area contributed by atoms with E-state index in [9.17, 15) is 13.2 Å². The minimum absolute atomic E-state index is 0.131. The summed E-state index contributed by atoms with van der Waals surface area (Å²) in [6.07, 6.45) is -2.90. The Labute approximate surface area is 114 Å². The topological polar surface area (TPSA) is 42.7 Å². The van der Waals surface area contributed by atoms with Gasteiger partial charge in [0, 0.05) is 13.1 Å². The lowest BCUT2D eigenvalue weighted by atomic mass is 10.1. The average Bonchev–Trinajstić information content (AvgIpc) is 2.85. The van der Waals surface area contributed by atoms with E-state index in [1.54, 1.807) is 10.7 Å². The standard InChI is InChI=1S/C13H15F3N4/c1-2-20-12(18-9-19-20)8-17-7-10-5-3-4-6-11(10)13(14,15)16/h3-6,9,17H,2,7-8H2,1H3. The van der Waals surface area contributed by atoms with Crippen molar-refractivity contribution in [3.8, 4) is 0 Å². The normalized spacial score (nSPS) is 11.8. The molecule has 0 atom stereocenters. The Bertz CT molecular complexity index is 563. The third-order valence-electron chi connectivity index (χ3n) is 2.92. The van der Waals surface area contributed by atoms with Crippen LogP contribution in [0.3, 0.4) is 0 Å². The fourth-order valence-electron chi connectivity index (χ4n) is 1.95. The molecule has 1 aromatic carbocycles. The molecular weight excluding hydrogens is 269 g/mol. The van der Waals surface area contributed by atoms with Crippen molar-refractivity contribution < 1.29 is 13.2 Å². The number of benzene rings is 1. The molecule has 20 heavy (non-hydrogen) atoms. The third-order valence-corrected chi connectivity index (χ3v) is 2.92. The lowest BCUT2D eigenvalue weighted by molar-refractivity contribution is -0.138. The summed E-state index contributed by atoms with van der Waals surface area (Å²) in [7, 11) is 0. The Hall–Kier alpha value is -1.89. The summed E-state index contributed by atoms with van der Waals surface area (Å²) < 4.78 is 40.1. The van der Waals surface area contributed by atoms with Crippen molar-refractivity contribution in [2.24, 2.45) is 0 Å². The molecule has 1 N–H and O–H groups in total. The van der Waals surface area contributed by atoms with Crippen LogP contribution in [0, 0.1) is 0 Å². The first-order valence-electron chi connectivity index (χ1n) is 6.25. The van der Waals surface area contributed by atoms with E-state index in [1.165, 1.54) is 18.5 Å². The van der Waals surface area contributed by atoms with Crippen molar-refractivity contribution in [1.29, 1.82) is 0 Å². The van der Waals surface area contributed by atoms with Gasteiger partial charge in [0.25, 0.3) is 0 Å². The fourth-order valence-corrected chi connectivity index (χ4v) is 1.95. The summed E-state index contributed by atoms with van der Waals surface area (Å²) in [4.78, 5) is 4.06. The van der Waals surface area contributed by atoms with Gasteiger partial charge in [-0.25, -0.2) is 9.67 Å². The summed E-state index contributed by atoms with van der Waals surface area (Å²) in [5.74, 6) is 0.706. The number of aromatic nitrogens is 3. The second kappa shape index (κ2) is 6.04. The lowest BCUT2D eigenvalue weighted by Gasteiger charge is -2.13. The highest BCUT2D eigenvalue weighted by Crippen LogP contribution is 2.31. The molecule has 0 bridgehead atoms.